The van der Waals surface area contributed by atoms with Crippen LogP contribution >= 0.6 is 23.4 Å². The maximum Gasteiger partial charge on any atom is 0.148 e. The molecule has 0 N–H and O–H groups in total. The summed E-state index contributed by atoms with van der Waals surface area (Å²) in [6.07, 6.45) is 2.99. The van der Waals surface area contributed by atoms with Gasteiger partial charge in [0.2, 0.25) is 0 Å². The summed E-state index contributed by atoms with van der Waals surface area (Å²) in [4.78, 5) is 0. The summed E-state index contributed by atoms with van der Waals surface area (Å²) in [5.74, 6) is 2.50. The molecule has 0 radical (unpaired) electrons. The van der Waals surface area contributed by atoms with Gasteiger partial charge in [-0.1, -0.05) is 6.92 Å². The summed E-state index contributed by atoms with van der Waals surface area (Å²) < 4.78 is 2.11. The highest BCUT2D eigenvalue weighted by molar-refractivity contribution is 8.00. The van der Waals surface area contributed by atoms with E-state index < -0.39 is 0 Å². The zero-order chi connectivity index (χ0) is 9.26. The minimum atomic E-state index is 0.454. The van der Waals surface area contributed by atoms with Crippen LogP contribution in [0.1, 0.15) is 25.2 Å². The summed E-state index contributed by atoms with van der Waals surface area (Å²) in [5, 5.41) is 8.60. The third kappa shape index (κ3) is 1.83. The molecule has 0 spiro atoms. The smallest absolute Gasteiger partial charge is 0.148 e. The fourth-order valence-corrected chi connectivity index (χ4v) is 3.05. The molecule has 0 bridgehead atoms. The molecule has 1 aromatic rings. The molecule has 1 aliphatic rings. The Morgan fingerprint density at radius 3 is 3.23 bits per heavy atom. The molecule has 0 aromatic carbocycles. The number of hydrogen-bond acceptors (Lipinski definition) is 3. The van der Waals surface area contributed by atoms with Gasteiger partial charge < -0.3 is 4.57 Å². The van der Waals surface area contributed by atoms with Crippen LogP contribution < -0.4 is 0 Å². The lowest BCUT2D eigenvalue weighted by Crippen LogP contribution is -2.10. The standard InChI is InChI=1S/C8H12ClN3S/c1-6-2-7(4-13-6)12-5-10-11-8(12)3-9/h5-7H,2-4H2,1H3. The molecule has 0 aliphatic carbocycles. The Hall–Kier alpha value is -0.220. The van der Waals surface area contributed by atoms with Crippen LogP contribution in [0.5, 0.6) is 0 Å². The Bertz CT molecular complexity index is 289. The van der Waals surface area contributed by atoms with Gasteiger partial charge in [0, 0.05) is 17.0 Å². The van der Waals surface area contributed by atoms with E-state index in [1.165, 1.54) is 6.42 Å². The summed E-state index contributed by atoms with van der Waals surface area (Å²) in [6.45, 7) is 2.26. The molecule has 1 aromatic heterocycles. The van der Waals surface area contributed by atoms with Gasteiger partial charge in [-0.2, -0.15) is 11.8 Å². The van der Waals surface area contributed by atoms with Crippen LogP contribution in [-0.2, 0) is 5.88 Å². The Balaban J connectivity index is 2.16. The van der Waals surface area contributed by atoms with Crippen molar-refractivity contribution in [1.29, 1.82) is 0 Å². The molecular formula is C8H12ClN3S. The molecule has 1 fully saturated rings. The fraction of sp³-hybridized carbons (Fsp3) is 0.750. The van der Waals surface area contributed by atoms with Crippen LogP contribution in [0.2, 0.25) is 0 Å². The van der Waals surface area contributed by atoms with Gasteiger partial charge in [-0.3, -0.25) is 0 Å². The fourth-order valence-electron chi connectivity index (χ4n) is 1.66. The first-order valence-electron chi connectivity index (χ1n) is 4.37. The van der Waals surface area contributed by atoms with E-state index in [1.807, 2.05) is 11.8 Å². The molecule has 5 heteroatoms. The van der Waals surface area contributed by atoms with Crippen LogP contribution in [0.15, 0.2) is 6.33 Å². The zero-order valence-corrected chi connectivity index (χ0v) is 9.05. The van der Waals surface area contributed by atoms with E-state index in [4.69, 9.17) is 11.6 Å². The van der Waals surface area contributed by atoms with Crippen molar-refractivity contribution in [2.24, 2.45) is 0 Å². The van der Waals surface area contributed by atoms with Crippen LogP contribution in [-0.4, -0.2) is 25.8 Å². The lowest BCUT2D eigenvalue weighted by atomic mass is 10.2. The molecule has 2 unspecified atom stereocenters. The second kappa shape index (κ2) is 3.88. The molecule has 3 nitrogen and oxygen atoms in total. The molecule has 13 heavy (non-hydrogen) atoms. The van der Waals surface area contributed by atoms with E-state index in [-0.39, 0.29) is 0 Å². The highest BCUT2D eigenvalue weighted by atomic mass is 35.5. The molecular weight excluding hydrogens is 206 g/mol. The van der Waals surface area contributed by atoms with Crippen molar-refractivity contribution >= 4 is 23.4 Å². The summed E-state index contributed by atoms with van der Waals surface area (Å²) >= 11 is 7.76. The lowest BCUT2D eigenvalue weighted by molar-refractivity contribution is 0.521. The van der Waals surface area contributed by atoms with Crippen molar-refractivity contribution < 1.29 is 0 Å². The molecule has 0 amide bonds. The van der Waals surface area contributed by atoms with Crippen LogP contribution in [0.25, 0.3) is 0 Å². The van der Waals surface area contributed by atoms with E-state index in [2.05, 4.69) is 21.7 Å². The van der Waals surface area contributed by atoms with Gasteiger partial charge in [0.15, 0.2) is 0 Å². The van der Waals surface area contributed by atoms with E-state index in [0.717, 1.165) is 16.8 Å². The van der Waals surface area contributed by atoms with E-state index in [9.17, 15) is 0 Å². The number of rotatable bonds is 2. The Kier molecular flexibility index (Phi) is 2.79. The van der Waals surface area contributed by atoms with Crippen LogP contribution in [0, 0.1) is 0 Å². The van der Waals surface area contributed by atoms with E-state index >= 15 is 0 Å². The van der Waals surface area contributed by atoms with Gasteiger partial charge in [0.25, 0.3) is 0 Å². The number of alkyl halides is 1. The number of hydrogen-bond donors (Lipinski definition) is 0. The molecule has 1 saturated heterocycles. The van der Waals surface area contributed by atoms with Crippen LogP contribution in [0.4, 0.5) is 0 Å². The second-order valence-corrected chi connectivity index (χ2v) is 5.06. The Morgan fingerprint density at radius 1 is 1.77 bits per heavy atom. The summed E-state index contributed by atoms with van der Waals surface area (Å²) in [5.41, 5.74) is 0. The van der Waals surface area contributed by atoms with Gasteiger partial charge in [-0.05, 0) is 6.42 Å². The summed E-state index contributed by atoms with van der Waals surface area (Å²) in [6, 6.07) is 0.545. The lowest BCUT2D eigenvalue weighted by Gasteiger charge is -2.11. The predicted octanol–water partition coefficient (Wildman–Crippen LogP) is 2.08. The minimum Gasteiger partial charge on any atom is -0.313 e. The molecule has 1 aliphatic heterocycles. The Labute approximate surface area is 86.9 Å². The van der Waals surface area contributed by atoms with Crippen molar-refractivity contribution in [3.8, 4) is 0 Å². The van der Waals surface area contributed by atoms with Gasteiger partial charge >= 0.3 is 0 Å². The number of nitrogens with zero attached hydrogens (tertiary/aromatic N) is 3. The van der Waals surface area contributed by atoms with E-state index in [0.29, 0.717) is 11.9 Å². The van der Waals surface area contributed by atoms with Crippen molar-refractivity contribution in [1.82, 2.24) is 14.8 Å². The molecule has 2 rings (SSSR count). The number of thioether (sulfide) groups is 1. The Morgan fingerprint density at radius 2 is 2.62 bits per heavy atom. The normalized spacial score (nSPS) is 28.2. The molecule has 0 saturated carbocycles. The SMILES string of the molecule is CC1CC(n2cnnc2CCl)CS1. The van der Waals surface area contributed by atoms with Gasteiger partial charge in [-0.25, -0.2) is 0 Å². The third-order valence-electron chi connectivity index (χ3n) is 2.34. The van der Waals surface area contributed by atoms with E-state index in [1.54, 1.807) is 6.33 Å². The third-order valence-corrected chi connectivity index (χ3v) is 3.92. The number of aromatic nitrogens is 3. The van der Waals surface area contributed by atoms with Gasteiger partial charge in [0.1, 0.15) is 12.2 Å². The monoisotopic (exact) mass is 217 g/mol. The summed E-state index contributed by atoms with van der Waals surface area (Å²) in [7, 11) is 0. The molecule has 2 atom stereocenters. The molecule has 72 valence electrons. The minimum absolute atomic E-state index is 0.454. The first-order chi connectivity index (χ1) is 6.31. The average molecular weight is 218 g/mol. The highest BCUT2D eigenvalue weighted by Gasteiger charge is 2.24. The average Bonchev–Trinajstić information content (AvgIpc) is 2.71. The maximum absolute atomic E-state index is 5.76. The quantitative estimate of drug-likeness (QED) is 0.711. The first-order valence-corrected chi connectivity index (χ1v) is 5.95. The topological polar surface area (TPSA) is 30.7 Å². The van der Waals surface area contributed by atoms with Gasteiger partial charge in [-0.15, -0.1) is 21.8 Å². The van der Waals surface area contributed by atoms with Gasteiger partial charge in [0.05, 0.1) is 5.88 Å². The van der Waals surface area contributed by atoms with Crippen LogP contribution in [0.3, 0.4) is 0 Å². The highest BCUT2D eigenvalue weighted by Crippen LogP contribution is 2.34. The predicted molar refractivity (Wildman–Crippen MR) is 55.2 cm³/mol. The zero-order valence-electron chi connectivity index (χ0n) is 7.48. The molecule has 2 heterocycles. The van der Waals surface area contributed by atoms with Crippen molar-refractivity contribution in [2.45, 2.75) is 30.5 Å². The first kappa shape index (κ1) is 9.34. The number of halogens is 1. The van der Waals surface area contributed by atoms with Crippen molar-refractivity contribution in [3.63, 3.8) is 0 Å². The maximum atomic E-state index is 5.76. The van der Waals surface area contributed by atoms with Crippen molar-refractivity contribution in [3.05, 3.63) is 12.2 Å². The second-order valence-electron chi connectivity index (χ2n) is 3.32. The van der Waals surface area contributed by atoms with Crippen molar-refractivity contribution in [2.75, 3.05) is 5.75 Å². The largest absolute Gasteiger partial charge is 0.313 e.